The van der Waals surface area contributed by atoms with Gasteiger partial charge in [-0.2, -0.15) is 16.1 Å². The van der Waals surface area contributed by atoms with Crippen LogP contribution in [0.3, 0.4) is 0 Å². The third-order valence-electron chi connectivity index (χ3n) is 2.96. The Balaban J connectivity index is 3.09. The number of nitrogen functional groups attached to an aromatic ring is 1. The van der Waals surface area contributed by atoms with Gasteiger partial charge in [-0.1, -0.05) is 6.07 Å². The first kappa shape index (κ1) is 15.3. The molecule has 1 rings (SSSR count). The number of benzene rings is 1. The van der Waals surface area contributed by atoms with Crippen molar-refractivity contribution in [2.24, 2.45) is 0 Å². The van der Waals surface area contributed by atoms with Gasteiger partial charge >= 0.3 is 0 Å². The fourth-order valence-electron chi connectivity index (χ4n) is 1.53. The van der Waals surface area contributed by atoms with Crippen LogP contribution in [-0.2, 0) is 10.0 Å². The lowest BCUT2D eigenvalue weighted by atomic mass is 10.2. The predicted molar refractivity (Wildman–Crippen MR) is 78.4 cm³/mol. The fourth-order valence-corrected chi connectivity index (χ4v) is 3.73. The normalized spacial score (nSPS) is 13.8. The molecule has 1 aromatic carbocycles. The van der Waals surface area contributed by atoms with E-state index in [2.05, 4.69) is 0 Å². The van der Waals surface area contributed by atoms with Crippen LogP contribution in [0, 0.1) is 6.92 Å². The number of nitrogens with two attached hydrogens (primary N) is 1. The van der Waals surface area contributed by atoms with Gasteiger partial charge in [0, 0.05) is 24.5 Å². The molecule has 0 aliphatic rings. The lowest BCUT2D eigenvalue weighted by Crippen LogP contribution is -2.36. The Labute approximate surface area is 114 Å². The van der Waals surface area contributed by atoms with Crippen LogP contribution in [-0.4, -0.2) is 37.8 Å². The van der Waals surface area contributed by atoms with E-state index < -0.39 is 10.0 Å². The average molecular weight is 288 g/mol. The van der Waals surface area contributed by atoms with Gasteiger partial charge in [0.05, 0.1) is 4.90 Å². The van der Waals surface area contributed by atoms with Gasteiger partial charge in [0.1, 0.15) is 0 Å². The van der Waals surface area contributed by atoms with Gasteiger partial charge in [-0.3, -0.25) is 0 Å². The van der Waals surface area contributed by atoms with Gasteiger partial charge in [-0.25, -0.2) is 8.42 Å². The van der Waals surface area contributed by atoms with E-state index in [-0.39, 0.29) is 10.9 Å². The fraction of sp³-hybridized carbons (Fsp3) is 0.500. The molecule has 0 fully saturated rings. The molecule has 0 saturated carbocycles. The number of anilines is 1. The van der Waals surface area contributed by atoms with Crippen molar-refractivity contribution in [2.45, 2.75) is 24.8 Å². The van der Waals surface area contributed by atoms with Gasteiger partial charge in [-0.05, 0) is 37.8 Å². The minimum atomic E-state index is -3.46. The van der Waals surface area contributed by atoms with E-state index in [1.54, 1.807) is 30.9 Å². The Hall–Kier alpha value is -0.720. The zero-order valence-corrected chi connectivity index (χ0v) is 12.8. The molecule has 0 radical (unpaired) electrons. The van der Waals surface area contributed by atoms with Gasteiger partial charge in [0.15, 0.2) is 0 Å². The third kappa shape index (κ3) is 3.18. The molecule has 0 aromatic heterocycles. The molecule has 6 heteroatoms. The van der Waals surface area contributed by atoms with Crippen molar-refractivity contribution in [1.29, 1.82) is 0 Å². The zero-order valence-electron chi connectivity index (χ0n) is 11.2. The Bertz CT molecular complexity index is 515. The number of hydrogen-bond donors (Lipinski definition) is 1. The van der Waals surface area contributed by atoms with E-state index in [1.807, 2.05) is 20.1 Å². The van der Waals surface area contributed by atoms with Crippen molar-refractivity contribution in [3.63, 3.8) is 0 Å². The van der Waals surface area contributed by atoms with E-state index in [0.29, 0.717) is 5.69 Å². The first-order valence-electron chi connectivity index (χ1n) is 5.63. The van der Waals surface area contributed by atoms with Crippen molar-refractivity contribution in [3.8, 4) is 0 Å². The van der Waals surface area contributed by atoms with Gasteiger partial charge < -0.3 is 5.73 Å². The maximum absolute atomic E-state index is 12.4. The quantitative estimate of drug-likeness (QED) is 0.841. The van der Waals surface area contributed by atoms with Crippen molar-refractivity contribution < 1.29 is 8.42 Å². The highest BCUT2D eigenvalue weighted by atomic mass is 32.2. The molecule has 1 atom stereocenters. The van der Waals surface area contributed by atoms with Crippen molar-refractivity contribution >= 4 is 27.5 Å². The minimum absolute atomic E-state index is 0.0486. The van der Waals surface area contributed by atoms with E-state index >= 15 is 0 Å². The van der Waals surface area contributed by atoms with E-state index in [0.717, 1.165) is 11.3 Å². The molecule has 0 saturated heterocycles. The van der Waals surface area contributed by atoms with Gasteiger partial charge in [-0.15, -0.1) is 0 Å². The standard InChI is InChI=1S/C12H20N2O2S2/c1-9-5-6-11(7-12(9)13)18(15,16)14(3)10(2)8-17-4/h5-7,10H,8,13H2,1-4H3. The summed E-state index contributed by atoms with van der Waals surface area (Å²) in [7, 11) is -1.86. The Kier molecular flexibility index (Phi) is 5.07. The van der Waals surface area contributed by atoms with E-state index in [9.17, 15) is 8.42 Å². The molecule has 0 spiro atoms. The number of thioether (sulfide) groups is 1. The van der Waals surface area contributed by atoms with Crippen molar-refractivity contribution in [2.75, 3.05) is 24.8 Å². The molecule has 0 aliphatic heterocycles. The molecular formula is C12H20N2O2S2. The third-order valence-corrected chi connectivity index (χ3v) is 5.74. The van der Waals surface area contributed by atoms with Crippen LogP contribution >= 0.6 is 11.8 Å². The molecule has 102 valence electrons. The topological polar surface area (TPSA) is 63.4 Å². The molecule has 0 bridgehead atoms. The highest BCUT2D eigenvalue weighted by molar-refractivity contribution is 7.98. The monoisotopic (exact) mass is 288 g/mol. The molecule has 18 heavy (non-hydrogen) atoms. The Morgan fingerprint density at radius 1 is 1.44 bits per heavy atom. The van der Waals surface area contributed by atoms with Gasteiger partial charge in [0.2, 0.25) is 10.0 Å². The van der Waals surface area contributed by atoms with E-state index in [1.165, 1.54) is 10.4 Å². The highest BCUT2D eigenvalue weighted by Gasteiger charge is 2.25. The van der Waals surface area contributed by atoms with Crippen LogP contribution in [0.15, 0.2) is 23.1 Å². The minimum Gasteiger partial charge on any atom is -0.398 e. The van der Waals surface area contributed by atoms with Crippen LogP contribution < -0.4 is 5.73 Å². The lowest BCUT2D eigenvalue weighted by molar-refractivity contribution is 0.415. The SMILES string of the molecule is CSCC(C)N(C)S(=O)(=O)c1ccc(C)c(N)c1. The number of hydrogen-bond acceptors (Lipinski definition) is 4. The van der Waals surface area contributed by atoms with Crippen LogP contribution in [0.25, 0.3) is 0 Å². The van der Waals surface area contributed by atoms with Crippen LogP contribution in [0.1, 0.15) is 12.5 Å². The number of sulfonamides is 1. The van der Waals surface area contributed by atoms with E-state index in [4.69, 9.17) is 5.73 Å². The molecule has 4 nitrogen and oxygen atoms in total. The number of nitrogens with zero attached hydrogens (tertiary/aromatic N) is 1. The molecule has 0 aliphatic carbocycles. The largest absolute Gasteiger partial charge is 0.398 e. The zero-order chi connectivity index (χ0) is 13.9. The second-order valence-corrected chi connectivity index (χ2v) is 7.25. The van der Waals surface area contributed by atoms with Crippen LogP contribution in [0.5, 0.6) is 0 Å². The average Bonchev–Trinajstić information content (AvgIpc) is 2.31. The summed E-state index contributed by atoms with van der Waals surface area (Å²) in [4.78, 5) is 0.251. The highest BCUT2D eigenvalue weighted by Crippen LogP contribution is 2.22. The lowest BCUT2D eigenvalue weighted by Gasteiger charge is -2.23. The first-order valence-corrected chi connectivity index (χ1v) is 8.47. The molecular weight excluding hydrogens is 268 g/mol. The second-order valence-electron chi connectivity index (χ2n) is 4.34. The number of rotatable bonds is 5. The maximum Gasteiger partial charge on any atom is 0.243 e. The van der Waals surface area contributed by atoms with Crippen molar-refractivity contribution in [1.82, 2.24) is 4.31 Å². The summed E-state index contributed by atoms with van der Waals surface area (Å²) in [5.41, 5.74) is 7.15. The van der Waals surface area contributed by atoms with Gasteiger partial charge in [0.25, 0.3) is 0 Å². The Morgan fingerprint density at radius 3 is 2.56 bits per heavy atom. The summed E-state index contributed by atoms with van der Waals surface area (Å²) in [6.45, 7) is 3.75. The summed E-state index contributed by atoms with van der Waals surface area (Å²) >= 11 is 1.62. The summed E-state index contributed by atoms with van der Waals surface area (Å²) in [6.07, 6.45) is 1.96. The molecule has 0 amide bonds. The number of aryl methyl sites for hydroxylation is 1. The summed E-state index contributed by atoms with van der Waals surface area (Å²) in [6, 6.07) is 4.80. The molecule has 0 heterocycles. The second kappa shape index (κ2) is 5.95. The van der Waals surface area contributed by atoms with Crippen LogP contribution in [0.2, 0.25) is 0 Å². The molecule has 1 aromatic rings. The molecule has 2 N–H and O–H groups in total. The summed E-state index contributed by atoms with van der Waals surface area (Å²) < 4.78 is 26.1. The molecule has 1 unspecified atom stereocenters. The van der Waals surface area contributed by atoms with Crippen molar-refractivity contribution in [3.05, 3.63) is 23.8 Å². The Morgan fingerprint density at radius 2 is 2.06 bits per heavy atom. The summed E-state index contributed by atoms with van der Waals surface area (Å²) in [5.74, 6) is 0.761. The predicted octanol–water partition coefficient (Wildman–Crippen LogP) is 1.95. The van der Waals surface area contributed by atoms with Crippen LogP contribution in [0.4, 0.5) is 5.69 Å². The summed E-state index contributed by atoms with van der Waals surface area (Å²) in [5, 5.41) is 0. The first-order chi connectivity index (χ1) is 8.30. The smallest absolute Gasteiger partial charge is 0.243 e. The maximum atomic E-state index is 12.4.